The fourth-order valence-electron chi connectivity index (χ4n) is 7.25. The van der Waals surface area contributed by atoms with Gasteiger partial charge in [-0.25, -0.2) is 9.48 Å². The Hall–Kier alpha value is -4.96. The number of hydrogen-bond donors (Lipinski definition) is 2. The maximum Gasteiger partial charge on any atom is 0.320 e. The zero-order valence-corrected chi connectivity index (χ0v) is 31.0. The van der Waals surface area contributed by atoms with Gasteiger partial charge in [-0.3, -0.25) is 18.6 Å². The van der Waals surface area contributed by atoms with Crippen molar-refractivity contribution in [1.29, 1.82) is 0 Å². The number of hydrogen-bond acceptors (Lipinski definition) is 10. The van der Waals surface area contributed by atoms with Crippen LogP contribution in [-0.2, 0) is 20.8 Å². The summed E-state index contributed by atoms with van der Waals surface area (Å²) in [5.74, 6) is 2.17. The summed E-state index contributed by atoms with van der Waals surface area (Å²) < 4.78 is 39.4. The third-order valence-electron chi connectivity index (χ3n) is 9.84. The van der Waals surface area contributed by atoms with Crippen molar-refractivity contribution in [2.24, 2.45) is 0 Å². The van der Waals surface area contributed by atoms with Crippen molar-refractivity contribution in [3.05, 3.63) is 77.9 Å². The summed E-state index contributed by atoms with van der Waals surface area (Å²) in [6.45, 7) is 8.73. The zero-order valence-electron chi connectivity index (χ0n) is 30.1. The molecule has 16 heteroatoms. The van der Waals surface area contributed by atoms with Gasteiger partial charge in [-0.2, -0.15) is 18.6 Å². The van der Waals surface area contributed by atoms with Gasteiger partial charge < -0.3 is 15.0 Å². The second kappa shape index (κ2) is 14.6. The van der Waals surface area contributed by atoms with Crippen molar-refractivity contribution in [2.45, 2.75) is 96.5 Å². The molecule has 5 aromatic rings. The standard InChI is InChI=1S/C36H46N10O5S/c1-23(2)31-19-34(46(42-31)26-20-37-43(21-26)17-18-50-52(5,48)49)39-35(47)38-30-14-15-32(29-12-7-6-11-28(29)30)51-27-13-16-33-40-41-36(44(33)22-27)45-24(3)9-8-10-25(45)4/h6-7,11-13,16,19-25,30,32H,8-10,14-15,17-18H2,1-5H3,(H2,38,39,47)/t24-,25+,30-,32+/m0/s1. The predicted octanol–water partition coefficient (Wildman–Crippen LogP) is 5.76. The summed E-state index contributed by atoms with van der Waals surface area (Å²) in [6.07, 6.45) is 11.0. The molecule has 2 N–H and O–H groups in total. The highest BCUT2D eigenvalue weighted by Gasteiger charge is 2.31. The molecule has 15 nitrogen and oxygen atoms in total. The van der Waals surface area contributed by atoms with Crippen LogP contribution >= 0.6 is 0 Å². The third kappa shape index (κ3) is 7.62. The van der Waals surface area contributed by atoms with E-state index in [2.05, 4.69) is 50.7 Å². The van der Waals surface area contributed by atoms with E-state index in [1.807, 2.05) is 60.8 Å². The van der Waals surface area contributed by atoms with Gasteiger partial charge in [0.25, 0.3) is 10.1 Å². The molecule has 0 bridgehead atoms. The summed E-state index contributed by atoms with van der Waals surface area (Å²) in [4.78, 5) is 15.9. The Balaban J connectivity index is 1.05. The van der Waals surface area contributed by atoms with Crippen LogP contribution in [0.15, 0.2) is 61.1 Å². The lowest BCUT2D eigenvalue weighted by atomic mass is 9.85. The molecule has 7 rings (SSSR count). The quantitative estimate of drug-likeness (QED) is 0.160. The smallest absolute Gasteiger partial charge is 0.320 e. The zero-order chi connectivity index (χ0) is 36.6. The van der Waals surface area contributed by atoms with Crippen molar-refractivity contribution < 1.29 is 22.1 Å². The Morgan fingerprint density at radius 2 is 1.77 bits per heavy atom. The number of fused-ring (bicyclic) bond motifs is 2. The fraction of sp³-hybridized carbons (Fsp3) is 0.472. The number of rotatable bonds is 11. The molecule has 1 saturated heterocycles. The second-order valence-electron chi connectivity index (χ2n) is 14.1. The van der Waals surface area contributed by atoms with Crippen LogP contribution in [0.2, 0.25) is 0 Å². The number of urea groups is 1. The fourth-order valence-corrected chi connectivity index (χ4v) is 7.63. The van der Waals surface area contributed by atoms with E-state index < -0.39 is 10.1 Å². The van der Waals surface area contributed by atoms with Crippen LogP contribution in [0.1, 0.15) is 94.7 Å². The molecule has 4 aromatic heterocycles. The van der Waals surface area contributed by atoms with Gasteiger partial charge in [-0.05, 0) is 75.1 Å². The number of nitrogens with one attached hydrogen (secondary N) is 2. The SMILES string of the molecule is CC(C)c1cc(NC(=O)N[C@H]2CC[C@@H](Oc3ccc4nnc(N5[C@H](C)CCC[C@@H]5C)n4c3)c3ccccc32)n(-c2cnn(CCOS(C)(=O)=O)c2)n1. The Kier molecular flexibility index (Phi) is 9.94. The lowest BCUT2D eigenvalue weighted by Gasteiger charge is -2.39. The van der Waals surface area contributed by atoms with E-state index in [-0.39, 0.29) is 37.2 Å². The Labute approximate surface area is 303 Å². The molecule has 0 spiro atoms. The minimum absolute atomic E-state index is 0.0474. The number of aromatic nitrogens is 7. The van der Waals surface area contributed by atoms with Crippen LogP contribution in [0.3, 0.4) is 0 Å². The van der Waals surface area contributed by atoms with Crippen LogP contribution in [0.5, 0.6) is 5.75 Å². The first-order valence-electron chi connectivity index (χ1n) is 17.9. The number of anilines is 2. The first kappa shape index (κ1) is 35.4. The number of pyridine rings is 1. The highest BCUT2D eigenvalue weighted by Crippen LogP contribution is 2.39. The van der Waals surface area contributed by atoms with Gasteiger partial charge in [0.15, 0.2) is 5.65 Å². The molecule has 0 saturated carbocycles. The first-order valence-corrected chi connectivity index (χ1v) is 19.7. The molecule has 5 heterocycles. The van der Waals surface area contributed by atoms with Gasteiger partial charge in [0.1, 0.15) is 23.4 Å². The van der Waals surface area contributed by atoms with Crippen LogP contribution in [0.25, 0.3) is 11.3 Å². The van der Waals surface area contributed by atoms with Crippen LogP contribution < -0.4 is 20.3 Å². The second-order valence-corrected chi connectivity index (χ2v) is 15.7. The molecule has 1 fully saturated rings. The van der Waals surface area contributed by atoms with Crippen molar-refractivity contribution in [1.82, 2.24) is 39.5 Å². The topological polar surface area (TPSA) is 163 Å². The highest BCUT2D eigenvalue weighted by atomic mass is 32.2. The summed E-state index contributed by atoms with van der Waals surface area (Å²) in [7, 11) is -3.55. The lowest BCUT2D eigenvalue weighted by molar-refractivity contribution is 0.171. The van der Waals surface area contributed by atoms with Gasteiger partial charge >= 0.3 is 6.03 Å². The van der Waals surface area contributed by atoms with Gasteiger partial charge in [0, 0.05) is 18.2 Å². The molecule has 0 radical (unpaired) electrons. The largest absolute Gasteiger partial charge is 0.484 e. The minimum atomic E-state index is -3.55. The lowest BCUT2D eigenvalue weighted by Crippen LogP contribution is -2.44. The van der Waals surface area contributed by atoms with Crippen LogP contribution in [0.4, 0.5) is 16.6 Å². The number of amides is 2. The van der Waals surface area contributed by atoms with Gasteiger partial charge in [-0.15, -0.1) is 10.2 Å². The van der Waals surface area contributed by atoms with E-state index in [1.54, 1.807) is 21.8 Å². The molecule has 2 amide bonds. The molecule has 1 aliphatic heterocycles. The van der Waals surface area contributed by atoms with Gasteiger partial charge in [-0.1, -0.05) is 38.1 Å². The number of nitrogens with zero attached hydrogens (tertiary/aromatic N) is 8. The maximum atomic E-state index is 13.6. The van der Waals surface area contributed by atoms with E-state index in [1.165, 1.54) is 6.42 Å². The molecule has 0 unspecified atom stereocenters. The summed E-state index contributed by atoms with van der Waals surface area (Å²) in [5, 5.41) is 24.2. The molecular formula is C36H46N10O5S. The van der Waals surface area contributed by atoms with Crippen molar-refractivity contribution in [3.63, 3.8) is 0 Å². The van der Waals surface area contributed by atoms with Gasteiger partial charge in [0.2, 0.25) is 5.95 Å². The monoisotopic (exact) mass is 730 g/mol. The first-order chi connectivity index (χ1) is 24.9. The van der Waals surface area contributed by atoms with E-state index in [0.717, 1.165) is 53.3 Å². The predicted molar refractivity (Wildman–Crippen MR) is 196 cm³/mol. The third-order valence-corrected chi connectivity index (χ3v) is 10.4. The normalized spacial score (nSPS) is 20.6. The van der Waals surface area contributed by atoms with Crippen molar-refractivity contribution in [3.8, 4) is 11.4 Å². The minimum Gasteiger partial charge on any atom is -0.484 e. The molecule has 276 valence electrons. The number of ether oxygens (including phenoxy) is 1. The molecule has 52 heavy (non-hydrogen) atoms. The number of benzene rings is 1. The molecule has 1 aliphatic carbocycles. The summed E-state index contributed by atoms with van der Waals surface area (Å²) >= 11 is 0. The Morgan fingerprint density at radius 1 is 1.00 bits per heavy atom. The van der Waals surface area contributed by atoms with E-state index in [4.69, 9.17) is 14.0 Å². The molecular weight excluding hydrogens is 685 g/mol. The van der Waals surface area contributed by atoms with Crippen LogP contribution in [-0.4, -0.2) is 73.6 Å². The molecule has 4 atom stereocenters. The summed E-state index contributed by atoms with van der Waals surface area (Å²) in [5.41, 5.74) is 4.22. The Bertz CT molecular complexity index is 2150. The summed E-state index contributed by atoms with van der Waals surface area (Å²) in [6, 6.07) is 14.0. The average Bonchev–Trinajstić information content (AvgIpc) is 3.84. The van der Waals surface area contributed by atoms with Gasteiger partial charge in [0.05, 0.1) is 49.7 Å². The van der Waals surface area contributed by atoms with Crippen LogP contribution in [0, 0.1) is 0 Å². The maximum absolute atomic E-state index is 13.6. The number of carbonyl (C=O) groups is 1. The van der Waals surface area contributed by atoms with E-state index >= 15 is 0 Å². The van der Waals surface area contributed by atoms with E-state index in [0.29, 0.717) is 36.4 Å². The number of carbonyl (C=O) groups excluding carboxylic acids is 1. The molecule has 1 aromatic carbocycles. The molecule has 2 aliphatic rings. The van der Waals surface area contributed by atoms with E-state index in [9.17, 15) is 13.2 Å². The van der Waals surface area contributed by atoms with Crippen molar-refractivity contribution >= 4 is 33.6 Å². The van der Waals surface area contributed by atoms with Crippen molar-refractivity contribution in [2.75, 3.05) is 23.1 Å². The Morgan fingerprint density at radius 3 is 2.52 bits per heavy atom. The highest BCUT2D eigenvalue weighted by molar-refractivity contribution is 7.85. The average molecular weight is 731 g/mol. The number of piperidine rings is 1.